The summed E-state index contributed by atoms with van der Waals surface area (Å²) in [5.74, 6) is 0. The maximum Gasteiger partial charge on any atom is 3.00 e. The molecule has 1 unspecified atom stereocenters. The van der Waals surface area contributed by atoms with Gasteiger partial charge >= 0.3 is 21.7 Å². The third kappa shape index (κ3) is 6.40. The van der Waals surface area contributed by atoms with Crippen LogP contribution >= 0.6 is 11.2 Å². The summed E-state index contributed by atoms with van der Waals surface area (Å²) < 4.78 is 0.117. The molecule has 0 amide bonds. The molecule has 0 aromatic heterocycles. The first-order chi connectivity index (χ1) is 10.8. The molecule has 0 aromatic carbocycles. The molecule has 0 heterocycles. The van der Waals surface area contributed by atoms with E-state index in [9.17, 15) is 0 Å². The molecule has 0 aromatic rings. The molecule has 1 atom stereocenters. The number of rotatable bonds is 4. The van der Waals surface area contributed by atoms with Crippen molar-refractivity contribution in [2.24, 2.45) is 10.8 Å². The van der Waals surface area contributed by atoms with Crippen molar-refractivity contribution in [1.29, 1.82) is 0 Å². The minimum atomic E-state index is -1.34. The van der Waals surface area contributed by atoms with Crippen molar-refractivity contribution in [2.75, 3.05) is 0 Å². The van der Waals surface area contributed by atoms with Gasteiger partial charge < -0.3 is 24.8 Å². The van der Waals surface area contributed by atoms with E-state index in [0.717, 1.165) is 12.8 Å². The molecule has 0 bridgehead atoms. The zero-order valence-electron chi connectivity index (χ0n) is 18.4. The van der Waals surface area contributed by atoms with Gasteiger partial charge in [-0.3, -0.25) is 6.08 Å². The van der Waals surface area contributed by atoms with Crippen molar-refractivity contribution >= 4 is 18.4 Å². The fraction of sp³-hybridized carbons (Fsp3) is 0.636. The average molecular weight is 478 g/mol. The molecular weight excluding hydrogens is 443 g/mol. The number of hydrogen-bond donors (Lipinski definition) is 0. The summed E-state index contributed by atoms with van der Waals surface area (Å²) in [6.45, 7) is 21.8. The molecule has 0 aliphatic heterocycles. The predicted molar refractivity (Wildman–Crippen MR) is 114 cm³/mol. The fourth-order valence-corrected chi connectivity index (χ4v) is 10.6. The largest absolute Gasteiger partial charge is 3.00 e. The normalized spacial score (nSPS) is 22.6. The van der Waals surface area contributed by atoms with Gasteiger partial charge in [-0.15, -0.1) is 6.42 Å². The van der Waals surface area contributed by atoms with Crippen LogP contribution in [0.3, 0.4) is 0 Å². The van der Waals surface area contributed by atoms with Crippen LogP contribution in [0.1, 0.15) is 54.4 Å². The van der Waals surface area contributed by atoms with Gasteiger partial charge in [0.05, 0.1) is 0 Å². The smallest absolute Gasteiger partial charge is 1.00 e. The fourth-order valence-electron chi connectivity index (χ4n) is 4.03. The second-order valence-corrected chi connectivity index (χ2v) is 19.2. The van der Waals surface area contributed by atoms with Gasteiger partial charge in [-0.25, -0.2) is 11.6 Å². The predicted octanol–water partition coefficient (Wildman–Crippen LogP) is 1.34. The van der Waals surface area contributed by atoms with Crippen LogP contribution in [0, 0.1) is 16.9 Å². The second kappa shape index (κ2) is 10.2. The maximum absolute atomic E-state index is 3.65. The van der Waals surface area contributed by atoms with Crippen LogP contribution in [0.4, 0.5) is 0 Å². The Labute approximate surface area is 200 Å². The van der Waals surface area contributed by atoms with E-state index in [2.05, 4.69) is 103 Å². The average Bonchev–Trinajstić information content (AvgIpc) is 2.92. The van der Waals surface area contributed by atoms with Crippen molar-refractivity contribution in [3.63, 3.8) is 0 Å². The molecule has 1 radical (unpaired) electrons. The second-order valence-electron chi connectivity index (χ2n) is 9.82. The maximum atomic E-state index is 3.65. The molecule has 0 fully saturated rings. The summed E-state index contributed by atoms with van der Waals surface area (Å²) in [7, 11) is -1.34. The van der Waals surface area contributed by atoms with Gasteiger partial charge in [0, 0.05) is 4.75 Å². The molecule has 2 aliphatic carbocycles. The molecule has 0 spiro atoms. The van der Waals surface area contributed by atoms with Crippen molar-refractivity contribution < 1.29 is 46.5 Å². The Kier molecular flexibility index (Phi) is 11.4. The van der Waals surface area contributed by atoms with E-state index < -0.39 is 7.22 Å². The molecule has 0 N–H and O–H groups in total. The Morgan fingerprint density at radius 3 is 2.04 bits per heavy atom. The van der Waals surface area contributed by atoms with E-state index in [0.29, 0.717) is 0 Å². The van der Waals surface area contributed by atoms with Crippen LogP contribution in [0.25, 0.3) is 0 Å². The monoisotopic (exact) mass is 477 g/mol. The van der Waals surface area contributed by atoms with E-state index in [4.69, 9.17) is 0 Å². The van der Waals surface area contributed by atoms with Gasteiger partial charge in [0.25, 0.3) is 0 Å². The van der Waals surface area contributed by atoms with Crippen LogP contribution in [0.5, 0.6) is 0 Å². The molecule has 2 aliphatic rings. The number of halogens is 2. The zero-order valence-corrected chi connectivity index (χ0v) is 23.3. The minimum absolute atomic E-state index is 0. The van der Waals surface area contributed by atoms with Crippen molar-refractivity contribution in [3.05, 3.63) is 47.1 Å². The van der Waals surface area contributed by atoms with Gasteiger partial charge in [0.15, 0.2) is 0 Å². The van der Waals surface area contributed by atoms with E-state index in [1.165, 1.54) is 11.1 Å². The van der Waals surface area contributed by atoms with Gasteiger partial charge in [-0.2, -0.15) is 17.3 Å². The standard InChI is InChI=1S/C22H35SSi.2ClH.Ti/c1-17-14-15-22(23-24(7,8)9,19(16-17)20(2,3)4)21(5,6)18-12-10-11-13-18;;;/h10,12,14,16H,11,15H2,1-9H3;2*1H;/q-1;;;+3/p-2. The topological polar surface area (TPSA) is 0 Å². The van der Waals surface area contributed by atoms with Crippen molar-refractivity contribution in [3.8, 4) is 0 Å². The van der Waals surface area contributed by atoms with Crippen LogP contribution in [0.15, 0.2) is 41.0 Å². The minimum Gasteiger partial charge on any atom is -1.00 e. The molecule has 0 saturated carbocycles. The van der Waals surface area contributed by atoms with Gasteiger partial charge in [0.2, 0.25) is 0 Å². The molecule has 0 saturated heterocycles. The van der Waals surface area contributed by atoms with Crippen molar-refractivity contribution in [2.45, 2.75) is 78.8 Å². The Morgan fingerprint density at radius 1 is 1.07 bits per heavy atom. The first-order valence-corrected chi connectivity index (χ1v) is 14.2. The van der Waals surface area contributed by atoms with Gasteiger partial charge in [0.1, 0.15) is 7.22 Å². The molecular formula is C22H35Cl2SSiTi. The Bertz CT molecular complexity index is 634. The van der Waals surface area contributed by atoms with Crippen molar-refractivity contribution in [1.82, 2.24) is 0 Å². The van der Waals surface area contributed by atoms with Crippen LogP contribution in [-0.2, 0) is 21.7 Å². The molecule has 151 valence electrons. The SMILES string of the molecule is CC1=CCC(S[Si](C)(C)C)(C(C)(C)C2=[C-]CC=C2)C(C(C)(C)C)=C1.[Cl-].[Cl-].[Ti+3]. The summed E-state index contributed by atoms with van der Waals surface area (Å²) in [4.78, 5) is 0. The zero-order chi connectivity index (χ0) is 18.4. The molecule has 27 heavy (non-hydrogen) atoms. The molecule has 5 heteroatoms. The first-order valence-electron chi connectivity index (χ1n) is 9.17. The summed E-state index contributed by atoms with van der Waals surface area (Å²) in [6, 6.07) is 0. The Balaban J connectivity index is 0. The summed E-state index contributed by atoms with van der Waals surface area (Å²) in [6.07, 6.45) is 15.3. The Morgan fingerprint density at radius 2 is 1.63 bits per heavy atom. The summed E-state index contributed by atoms with van der Waals surface area (Å²) in [5, 5.41) is 0. The van der Waals surface area contributed by atoms with E-state index in [1.54, 1.807) is 5.57 Å². The van der Waals surface area contributed by atoms with Crippen LogP contribution in [-0.4, -0.2) is 12.0 Å². The number of allylic oxidation sites excluding steroid dienone is 7. The molecule has 0 nitrogen and oxygen atoms in total. The van der Waals surface area contributed by atoms with E-state index >= 15 is 0 Å². The van der Waals surface area contributed by atoms with E-state index in [-0.39, 0.29) is 62.1 Å². The van der Waals surface area contributed by atoms with Crippen LogP contribution in [0.2, 0.25) is 19.6 Å². The quantitative estimate of drug-likeness (QED) is 0.434. The number of hydrogen-bond acceptors (Lipinski definition) is 1. The van der Waals surface area contributed by atoms with E-state index in [1.807, 2.05) is 0 Å². The van der Waals surface area contributed by atoms with Gasteiger partial charge in [-0.1, -0.05) is 72.0 Å². The first kappa shape index (κ1) is 30.0. The third-order valence-electron chi connectivity index (χ3n) is 5.18. The third-order valence-corrected chi connectivity index (χ3v) is 9.93. The van der Waals surface area contributed by atoms with Gasteiger partial charge in [-0.05, 0) is 29.7 Å². The van der Waals surface area contributed by atoms with Crippen LogP contribution < -0.4 is 24.8 Å². The summed E-state index contributed by atoms with van der Waals surface area (Å²) in [5.41, 5.74) is 4.67. The molecule has 2 rings (SSSR count). The summed E-state index contributed by atoms with van der Waals surface area (Å²) >= 11 is 2.29. The Hall–Kier alpha value is 0.821.